The first-order valence-electron chi connectivity index (χ1n) is 5.72. The van der Waals surface area contributed by atoms with Gasteiger partial charge in [0.15, 0.2) is 0 Å². The van der Waals surface area contributed by atoms with Crippen LogP contribution in [0.1, 0.15) is 16.7 Å². The van der Waals surface area contributed by atoms with E-state index in [1.165, 1.54) is 5.56 Å². The lowest BCUT2D eigenvalue weighted by molar-refractivity contribution is 0.107. The monoisotopic (exact) mass is 227 g/mol. The fraction of sp³-hybridized carbons (Fsp3) is 0.200. The molecule has 0 aliphatic carbocycles. The summed E-state index contributed by atoms with van der Waals surface area (Å²) >= 11 is 0. The van der Waals surface area contributed by atoms with Gasteiger partial charge in [-0.3, -0.25) is 0 Å². The third kappa shape index (κ3) is 3.33. The van der Waals surface area contributed by atoms with Gasteiger partial charge in [0, 0.05) is 5.69 Å². The summed E-state index contributed by atoms with van der Waals surface area (Å²) in [6.07, 6.45) is 0. The lowest BCUT2D eigenvalue weighted by Crippen LogP contribution is -1.96. The minimum atomic E-state index is 0.621. The molecule has 0 amide bonds. The second-order valence-corrected chi connectivity index (χ2v) is 4.17. The molecule has 88 valence electrons. The van der Waals surface area contributed by atoms with E-state index in [9.17, 15) is 0 Å². The highest BCUT2D eigenvalue weighted by Crippen LogP contribution is 2.14. The van der Waals surface area contributed by atoms with E-state index >= 15 is 0 Å². The predicted octanol–water partition coefficient (Wildman–Crippen LogP) is 3.29. The summed E-state index contributed by atoms with van der Waals surface area (Å²) in [5.41, 5.74) is 10.1. The molecule has 0 atom stereocenters. The van der Waals surface area contributed by atoms with Gasteiger partial charge in [-0.15, -0.1) is 0 Å². The Bertz CT molecular complexity index is 480. The van der Waals surface area contributed by atoms with Crippen molar-refractivity contribution in [3.8, 4) is 0 Å². The molecule has 0 heterocycles. The number of rotatable bonds is 4. The van der Waals surface area contributed by atoms with E-state index in [1.54, 1.807) is 0 Å². The predicted molar refractivity (Wildman–Crippen MR) is 70.5 cm³/mol. The van der Waals surface area contributed by atoms with Crippen molar-refractivity contribution in [3.05, 3.63) is 65.2 Å². The molecule has 0 aliphatic rings. The maximum atomic E-state index is 5.77. The number of benzene rings is 2. The van der Waals surface area contributed by atoms with Gasteiger partial charge in [0.25, 0.3) is 0 Å². The molecular weight excluding hydrogens is 210 g/mol. The third-order valence-electron chi connectivity index (χ3n) is 2.71. The smallest absolute Gasteiger partial charge is 0.0721 e. The van der Waals surface area contributed by atoms with Crippen LogP contribution in [0.2, 0.25) is 0 Å². The number of anilines is 1. The summed E-state index contributed by atoms with van der Waals surface area (Å²) in [7, 11) is 0. The van der Waals surface area contributed by atoms with Crippen molar-refractivity contribution in [1.29, 1.82) is 0 Å². The van der Waals surface area contributed by atoms with Gasteiger partial charge in [0.05, 0.1) is 13.2 Å². The Hall–Kier alpha value is -1.80. The lowest BCUT2D eigenvalue weighted by atomic mass is 10.1. The fourth-order valence-corrected chi connectivity index (χ4v) is 1.69. The van der Waals surface area contributed by atoms with Gasteiger partial charge in [-0.05, 0) is 29.7 Å². The first kappa shape index (κ1) is 11.7. The van der Waals surface area contributed by atoms with Crippen molar-refractivity contribution in [3.63, 3.8) is 0 Å². The average molecular weight is 227 g/mol. The van der Waals surface area contributed by atoms with Gasteiger partial charge >= 0.3 is 0 Å². The summed E-state index contributed by atoms with van der Waals surface area (Å²) in [6, 6.07) is 16.2. The van der Waals surface area contributed by atoms with Crippen LogP contribution < -0.4 is 5.73 Å². The van der Waals surface area contributed by atoms with E-state index in [2.05, 4.69) is 18.2 Å². The van der Waals surface area contributed by atoms with Gasteiger partial charge < -0.3 is 10.5 Å². The molecule has 2 nitrogen and oxygen atoms in total. The first-order valence-corrected chi connectivity index (χ1v) is 5.72. The number of ether oxygens (including phenoxy) is 1. The molecule has 0 unspecified atom stereocenters. The van der Waals surface area contributed by atoms with E-state index < -0.39 is 0 Å². The van der Waals surface area contributed by atoms with Crippen LogP contribution >= 0.6 is 0 Å². The molecule has 2 aromatic carbocycles. The van der Waals surface area contributed by atoms with Crippen LogP contribution in [0, 0.1) is 6.92 Å². The van der Waals surface area contributed by atoms with Crippen molar-refractivity contribution >= 4 is 5.69 Å². The van der Waals surface area contributed by atoms with Crippen LogP contribution in [0.4, 0.5) is 5.69 Å². The fourth-order valence-electron chi connectivity index (χ4n) is 1.69. The highest BCUT2D eigenvalue weighted by molar-refractivity contribution is 5.47. The Labute approximate surface area is 102 Å². The molecule has 0 aromatic heterocycles. The molecule has 0 aliphatic heterocycles. The van der Waals surface area contributed by atoms with Crippen LogP contribution in [0.25, 0.3) is 0 Å². The zero-order valence-electron chi connectivity index (χ0n) is 10.0. The molecule has 17 heavy (non-hydrogen) atoms. The van der Waals surface area contributed by atoms with E-state index in [1.807, 2.05) is 37.3 Å². The Morgan fingerprint density at radius 2 is 1.65 bits per heavy atom. The quantitative estimate of drug-likeness (QED) is 0.813. The number of hydrogen-bond donors (Lipinski definition) is 1. The number of nitrogens with two attached hydrogens (primary N) is 1. The lowest BCUT2D eigenvalue weighted by Gasteiger charge is -2.06. The maximum absolute atomic E-state index is 5.77. The highest BCUT2D eigenvalue weighted by atomic mass is 16.5. The summed E-state index contributed by atoms with van der Waals surface area (Å²) in [5, 5.41) is 0. The molecule has 0 radical (unpaired) electrons. The average Bonchev–Trinajstić information content (AvgIpc) is 2.35. The van der Waals surface area contributed by atoms with Gasteiger partial charge in [0.1, 0.15) is 0 Å². The zero-order valence-corrected chi connectivity index (χ0v) is 10.0. The Morgan fingerprint density at radius 3 is 2.35 bits per heavy atom. The second-order valence-electron chi connectivity index (χ2n) is 4.17. The van der Waals surface area contributed by atoms with Crippen molar-refractivity contribution < 1.29 is 4.74 Å². The summed E-state index contributed by atoms with van der Waals surface area (Å²) in [6.45, 7) is 3.27. The normalized spacial score (nSPS) is 10.4. The van der Waals surface area contributed by atoms with Crippen LogP contribution in [0.3, 0.4) is 0 Å². The largest absolute Gasteiger partial charge is 0.399 e. The third-order valence-corrected chi connectivity index (χ3v) is 2.71. The van der Waals surface area contributed by atoms with Crippen LogP contribution in [-0.2, 0) is 18.0 Å². The first-order chi connectivity index (χ1) is 8.25. The minimum Gasteiger partial charge on any atom is -0.399 e. The highest BCUT2D eigenvalue weighted by Gasteiger charge is 1.97. The van der Waals surface area contributed by atoms with Gasteiger partial charge in [-0.1, -0.05) is 42.5 Å². The maximum Gasteiger partial charge on any atom is 0.0721 e. The molecule has 0 spiro atoms. The van der Waals surface area contributed by atoms with Crippen LogP contribution in [0.15, 0.2) is 48.5 Å². The molecule has 0 bridgehead atoms. The molecule has 0 saturated carbocycles. The number of nitrogen functional groups attached to an aromatic ring is 1. The minimum absolute atomic E-state index is 0.621. The van der Waals surface area contributed by atoms with E-state index in [-0.39, 0.29) is 0 Å². The summed E-state index contributed by atoms with van der Waals surface area (Å²) < 4.78 is 5.66. The number of aryl methyl sites for hydroxylation is 1. The SMILES string of the molecule is Cc1cc(COCc2ccccc2)ccc1N. The van der Waals surface area contributed by atoms with Crippen molar-refractivity contribution in [1.82, 2.24) is 0 Å². The molecule has 0 saturated heterocycles. The van der Waals surface area contributed by atoms with E-state index in [4.69, 9.17) is 10.5 Å². The van der Waals surface area contributed by atoms with Gasteiger partial charge in [-0.25, -0.2) is 0 Å². The Morgan fingerprint density at radius 1 is 0.941 bits per heavy atom. The Kier molecular flexibility index (Phi) is 3.78. The summed E-state index contributed by atoms with van der Waals surface area (Å²) in [4.78, 5) is 0. The Balaban J connectivity index is 1.88. The van der Waals surface area contributed by atoms with Gasteiger partial charge in [0.2, 0.25) is 0 Å². The second kappa shape index (κ2) is 5.51. The van der Waals surface area contributed by atoms with E-state index in [0.717, 1.165) is 16.8 Å². The molecule has 0 fully saturated rings. The molecule has 2 aromatic rings. The standard InChI is InChI=1S/C15H17NO/c1-12-9-14(7-8-15(12)16)11-17-10-13-5-3-2-4-6-13/h2-9H,10-11,16H2,1H3. The molecular formula is C15H17NO. The van der Waals surface area contributed by atoms with E-state index in [0.29, 0.717) is 13.2 Å². The van der Waals surface area contributed by atoms with Crippen molar-refractivity contribution in [2.75, 3.05) is 5.73 Å². The van der Waals surface area contributed by atoms with Crippen molar-refractivity contribution in [2.45, 2.75) is 20.1 Å². The molecule has 2 heteroatoms. The molecule has 2 N–H and O–H groups in total. The van der Waals surface area contributed by atoms with Crippen LogP contribution in [0.5, 0.6) is 0 Å². The van der Waals surface area contributed by atoms with Crippen LogP contribution in [-0.4, -0.2) is 0 Å². The topological polar surface area (TPSA) is 35.2 Å². The zero-order chi connectivity index (χ0) is 12.1. The summed E-state index contributed by atoms with van der Waals surface area (Å²) in [5.74, 6) is 0. The van der Waals surface area contributed by atoms with Crippen molar-refractivity contribution in [2.24, 2.45) is 0 Å². The molecule has 2 rings (SSSR count). The number of hydrogen-bond acceptors (Lipinski definition) is 2. The van der Waals surface area contributed by atoms with Gasteiger partial charge in [-0.2, -0.15) is 0 Å².